The van der Waals surface area contributed by atoms with Crippen molar-refractivity contribution in [3.05, 3.63) is 60.2 Å². The Labute approximate surface area is 165 Å². The molecule has 2 N–H and O–H groups in total. The number of rotatable bonds is 7. The summed E-state index contributed by atoms with van der Waals surface area (Å²) >= 11 is 1.83. The van der Waals surface area contributed by atoms with Gasteiger partial charge in [-0.05, 0) is 29.8 Å². The number of hydrogen-bond acceptors (Lipinski definition) is 3. The van der Waals surface area contributed by atoms with E-state index in [4.69, 9.17) is 4.74 Å². The molecule has 0 bridgehead atoms. The van der Waals surface area contributed by atoms with Crippen LogP contribution in [0.4, 0.5) is 0 Å². The van der Waals surface area contributed by atoms with Crippen molar-refractivity contribution >= 4 is 41.7 Å². The van der Waals surface area contributed by atoms with Crippen LogP contribution in [0.25, 0.3) is 0 Å². The molecule has 0 spiro atoms. The van der Waals surface area contributed by atoms with Gasteiger partial charge in [0.2, 0.25) is 0 Å². The summed E-state index contributed by atoms with van der Waals surface area (Å²) < 4.78 is 5.23. The molecule has 0 saturated heterocycles. The second-order valence-corrected chi connectivity index (χ2v) is 6.03. The molecule has 24 heavy (non-hydrogen) atoms. The van der Waals surface area contributed by atoms with Gasteiger partial charge in [0, 0.05) is 30.8 Å². The van der Waals surface area contributed by atoms with Crippen LogP contribution in [0.3, 0.4) is 0 Å². The number of aliphatic imine (C=N–C) groups is 1. The van der Waals surface area contributed by atoms with Gasteiger partial charge in [-0.2, -0.15) is 0 Å². The van der Waals surface area contributed by atoms with E-state index in [0.29, 0.717) is 6.54 Å². The zero-order valence-corrected chi connectivity index (χ0v) is 17.1. The predicted molar refractivity (Wildman–Crippen MR) is 114 cm³/mol. The monoisotopic (exact) mass is 457 g/mol. The molecule has 4 nitrogen and oxygen atoms in total. The second kappa shape index (κ2) is 12.0. The lowest BCUT2D eigenvalue weighted by molar-refractivity contribution is 0.414. The molecular weight excluding hydrogens is 433 g/mol. The standard InChI is InChI=1S/C18H23N3OS.HI/c1-19-18(20-11-12-23-17-9-4-3-5-10-17)21-14-15-7-6-8-16(13-15)22-2;/h3-10,13H,11-12,14H2,1-2H3,(H2,19,20,21);1H. The molecule has 130 valence electrons. The summed E-state index contributed by atoms with van der Waals surface area (Å²) in [5.74, 6) is 2.66. The molecule has 2 rings (SSSR count). The number of benzene rings is 2. The van der Waals surface area contributed by atoms with Gasteiger partial charge in [-0.3, -0.25) is 4.99 Å². The van der Waals surface area contributed by atoms with E-state index in [1.807, 2.05) is 36.0 Å². The number of thioether (sulfide) groups is 1. The summed E-state index contributed by atoms with van der Waals surface area (Å²) in [6, 6.07) is 18.4. The molecule has 0 aliphatic rings. The van der Waals surface area contributed by atoms with Gasteiger partial charge in [0.1, 0.15) is 5.75 Å². The predicted octanol–water partition coefficient (Wildman–Crippen LogP) is 3.77. The largest absolute Gasteiger partial charge is 0.497 e. The fourth-order valence-electron chi connectivity index (χ4n) is 2.04. The summed E-state index contributed by atoms with van der Waals surface area (Å²) in [6.45, 7) is 1.57. The molecule has 0 heterocycles. The molecule has 2 aromatic rings. The van der Waals surface area contributed by atoms with Gasteiger partial charge < -0.3 is 15.4 Å². The fourth-order valence-corrected chi connectivity index (χ4v) is 2.83. The van der Waals surface area contributed by atoms with Gasteiger partial charge in [0.05, 0.1) is 7.11 Å². The van der Waals surface area contributed by atoms with Crippen LogP contribution >= 0.6 is 35.7 Å². The van der Waals surface area contributed by atoms with E-state index in [2.05, 4.69) is 46.0 Å². The maximum Gasteiger partial charge on any atom is 0.191 e. The molecule has 0 aliphatic carbocycles. The Balaban J connectivity index is 0.00000288. The maximum atomic E-state index is 5.23. The zero-order chi connectivity index (χ0) is 16.3. The number of methoxy groups -OCH3 is 1. The average molecular weight is 457 g/mol. The minimum atomic E-state index is 0. The first-order valence-electron chi connectivity index (χ1n) is 7.57. The third-order valence-corrected chi connectivity index (χ3v) is 4.24. The van der Waals surface area contributed by atoms with Crippen LogP contribution in [0, 0.1) is 0 Å². The number of halogens is 1. The highest BCUT2D eigenvalue weighted by molar-refractivity contribution is 14.0. The average Bonchev–Trinajstić information content (AvgIpc) is 2.62. The molecule has 0 aromatic heterocycles. The Morgan fingerprint density at radius 1 is 1.08 bits per heavy atom. The van der Waals surface area contributed by atoms with E-state index in [9.17, 15) is 0 Å². The minimum absolute atomic E-state index is 0. The van der Waals surface area contributed by atoms with E-state index < -0.39 is 0 Å². The van der Waals surface area contributed by atoms with Crippen LogP contribution in [0.2, 0.25) is 0 Å². The molecule has 0 radical (unpaired) electrons. The Bertz CT molecular complexity index is 623. The van der Waals surface area contributed by atoms with Crippen molar-refractivity contribution in [1.29, 1.82) is 0 Å². The number of ether oxygens (including phenoxy) is 1. The van der Waals surface area contributed by atoms with E-state index in [1.165, 1.54) is 4.90 Å². The Morgan fingerprint density at radius 2 is 1.88 bits per heavy atom. The van der Waals surface area contributed by atoms with Gasteiger partial charge in [-0.1, -0.05) is 30.3 Å². The third kappa shape index (κ3) is 7.44. The SMILES string of the molecule is CN=C(NCCSc1ccccc1)NCc1cccc(OC)c1.I. The second-order valence-electron chi connectivity index (χ2n) is 4.87. The molecule has 0 unspecified atom stereocenters. The van der Waals surface area contributed by atoms with Crippen LogP contribution in [-0.2, 0) is 6.54 Å². The number of nitrogens with one attached hydrogen (secondary N) is 2. The first-order valence-corrected chi connectivity index (χ1v) is 8.55. The quantitative estimate of drug-likeness (QED) is 0.219. The van der Waals surface area contributed by atoms with E-state index in [-0.39, 0.29) is 24.0 Å². The molecule has 0 fully saturated rings. The lowest BCUT2D eigenvalue weighted by Crippen LogP contribution is -2.37. The van der Waals surface area contributed by atoms with Crippen LogP contribution in [0.1, 0.15) is 5.56 Å². The number of nitrogens with zero attached hydrogens (tertiary/aromatic N) is 1. The topological polar surface area (TPSA) is 45.7 Å². The summed E-state index contributed by atoms with van der Waals surface area (Å²) in [4.78, 5) is 5.53. The molecule has 0 saturated carbocycles. The minimum Gasteiger partial charge on any atom is -0.497 e. The van der Waals surface area contributed by atoms with E-state index >= 15 is 0 Å². The molecular formula is C18H24IN3OS. The van der Waals surface area contributed by atoms with E-state index in [0.717, 1.165) is 29.6 Å². The number of hydrogen-bond donors (Lipinski definition) is 2. The Kier molecular flexibility index (Phi) is 10.3. The first-order chi connectivity index (χ1) is 11.3. The summed E-state index contributed by atoms with van der Waals surface area (Å²) in [5.41, 5.74) is 1.16. The number of guanidine groups is 1. The maximum absolute atomic E-state index is 5.23. The van der Waals surface area contributed by atoms with Gasteiger partial charge in [0.25, 0.3) is 0 Å². The highest BCUT2D eigenvalue weighted by Gasteiger charge is 2.00. The van der Waals surface area contributed by atoms with E-state index in [1.54, 1.807) is 14.2 Å². The lowest BCUT2D eigenvalue weighted by atomic mass is 10.2. The summed E-state index contributed by atoms with van der Waals surface area (Å²) in [6.07, 6.45) is 0. The molecule has 0 amide bonds. The lowest BCUT2D eigenvalue weighted by Gasteiger charge is -2.12. The van der Waals surface area contributed by atoms with Crippen LogP contribution in [-0.4, -0.2) is 32.4 Å². The van der Waals surface area contributed by atoms with Gasteiger partial charge in [-0.15, -0.1) is 35.7 Å². The van der Waals surface area contributed by atoms with Crippen molar-refractivity contribution in [3.63, 3.8) is 0 Å². The van der Waals surface area contributed by atoms with Crippen molar-refractivity contribution in [2.24, 2.45) is 4.99 Å². The van der Waals surface area contributed by atoms with Crippen LogP contribution < -0.4 is 15.4 Å². The fraction of sp³-hybridized carbons (Fsp3) is 0.278. The summed E-state index contributed by atoms with van der Waals surface area (Å²) in [5, 5.41) is 6.64. The Hall–Kier alpha value is -1.41. The van der Waals surface area contributed by atoms with Crippen molar-refractivity contribution in [3.8, 4) is 5.75 Å². The normalized spacial score (nSPS) is 10.7. The smallest absolute Gasteiger partial charge is 0.191 e. The molecule has 6 heteroatoms. The van der Waals surface area contributed by atoms with Gasteiger partial charge in [0.15, 0.2) is 5.96 Å². The molecule has 0 aliphatic heterocycles. The van der Waals surface area contributed by atoms with Crippen molar-refractivity contribution < 1.29 is 4.74 Å². The van der Waals surface area contributed by atoms with Crippen LogP contribution in [0.15, 0.2) is 64.5 Å². The third-order valence-electron chi connectivity index (χ3n) is 3.22. The highest BCUT2D eigenvalue weighted by Crippen LogP contribution is 2.15. The Morgan fingerprint density at radius 3 is 2.58 bits per heavy atom. The summed E-state index contributed by atoms with van der Waals surface area (Å²) in [7, 11) is 3.46. The van der Waals surface area contributed by atoms with Gasteiger partial charge in [-0.25, -0.2) is 0 Å². The highest BCUT2D eigenvalue weighted by atomic mass is 127. The first kappa shape index (κ1) is 20.6. The molecule has 2 aromatic carbocycles. The van der Waals surface area contributed by atoms with Gasteiger partial charge >= 0.3 is 0 Å². The van der Waals surface area contributed by atoms with Crippen molar-refractivity contribution in [1.82, 2.24) is 10.6 Å². The zero-order valence-electron chi connectivity index (χ0n) is 14.0. The van der Waals surface area contributed by atoms with Crippen molar-refractivity contribution in [2.75, 3.05) is 26.5 Å². The van der Waals surface area contributed by atoms with Crippen LogP contribution in [0.5, 0.6) is 5.75 Å². The molecule has 0 atom stereocenters. The van der Waals surface area contributed by atoms with Crippen molar-refractivity contribution in [2.45, 2.75) is 11.4 Å².